The number of sulfonamides is 1. The molecule has 0 fully saturated rings. The molecule has 0 saturated carbocycles. The van der Waals surface area contributed by atoms with E-state index in [9.17, 15) is 8.42 Å². The SMILES string of the molecule is CN=C(NCCc1ccccc1)NCc1ccc(S(=O)(=O)N(C)C)cc1. The Hall–Kier alpha value is -2.38. The topological polar surface area (TPSA) is 73.8 Å². The summed E-state index contributed by atoms with van der Waals surface area (Å²) >= 11 is 0. The van der Waals surface area contributed by atoms with Crippen LogP contribution in [0.5, 0.6) is 0 Å². The Balaban J connectivity index is 1.84. The minimum Gasteiger partial charge on any atom is -0.356 e. The highest BCUT2D eigenvalue weighted by Crippen LogP contribution is 2.13. The molecule has 0 heterocycles. The second kappa shape index (κ2) is 9.35. The first-order valence-electron chi connectivity index (χ1n) is 8.43. The summed E-state index contributed by atoms with van der Waals surface area (Å²) in [5.74, 6) is 0.714. The maximum Gasteiger partial charge on any atom is 0.242 e. The third-order valence-corrected chi connectivity index (χ3v) is 5.76. The molecule has 6 nitrogen and oxygen atoms in total. The first-order chi connectivity index (χ1) is 12.4. The second-order valence-corrected chi connectivity index (χ2v) is 8.17. The number of hydrogen-bond acceptors (Lipinski definition) is 3. The molecule has 2 N–H and O–H groups in total. The van der Waals surface area contributed by atoms with Crippen molar-refractivity contribution in [2.75, 3.05) is 27.7 Å². The predicted molar refractivity (Wildman–Crippen MR) is 106 cm³/mol. The minimum atomic E-state index is -3.39. The van der Waals surface area contributed by atoms with Crippen molar-refractivity contribution in [3.8, 4) is 0 Å². The molecule has 0 atom stereocenters. The number of nitrogens with zero attached hydrogens (tertiary/aromatic N) is 2. The van der Waals surface area contributed by atoms with Crippen LogP contribution in [0, 0.1) is 0 Å². The van der Waals surface area contributed by atoms with Gasteiger partial charge in [0.25, 0.3) is 0 Å². The van der Waals surface area contributed by atoms with Gasteiger partial charge in [0, 0.05) is 34.2 Å². The number of guanidine groups is 1. The molecule has 140 valence electrons. The van der Waals surface area contributed by atoms with Crippen LogP contribution >= 0.6 is 0 Å². The van der Waals surface area contributed by atoms with Crippen molar-refractivity contribution in [3.05, 3.63) is 65.7 Å². The number of aliphatic imine (C=N–C) groups is 1. The van der Waals surface area contributed by atoms with E-state index in [1.807, 2.05) is 18.2 Å². The van der Waals surface area contributed by atoms with Gasteiger partial charge in [0.2, 0.25) is 10.0 Å². The van der Waals surface area contributed by atoms with Crippen molar-refractivity contribution in [1.82, 2.24) is 14.9 Å². The Labute approximate surface area is 156 Å². The van der Waals surface area contributed by atoms with Crippen LogP contribution in [0.3, 0.4) is 0 Å². The summed E-state index contributed by atoms with van der Waals surface area (Å²) in [7, 11) is 1.38. The third-order valence-electron chi connectivity index (χ3n) is 3.93. The summed E-state index contributed by atoms with van der Waals surface area (Å²) < 4.78 is 25.4. The smallest absolute Gasteiger partial charge is 0.242 e. The highest BCUT2D eigenvalue weighted by atomic mass is 32.2. The molecular weight excluding hydrogens is 348 g/mol. The van der Waals surface area contributed by atoms with E-state index >= 15 is 0 Å². The van der Waals surface area contributed by atoms with Gasteiger partial charge in [-0.15, -0.1) is 0 Å². The summed E-state index contributed by atoms with van der Waals surface area (Å²) in [5, 5.41) is 6.51. The van der Waals surface area contributed by atoms with E-state index in [1.54, 1.807) is 31.3 Å². The summed E-state index contributed by atoms with van der Waals surface area (Å²) in [4.78, 5) is 4.49. The summed E-state index contributed by atoms with van der Waals surface area (Å²) in [6.45, 7) is 1.34. The van der Waals surface area contributed by atoms with Gasteiger partial charge in [-0.2, -0.15) is 0 Å². The van der Waals surface area contributed by atoms with Gasteiger partial charge in [-0.3, -0.25) is 4.99 Å². The molecule has 2 aromatic carbocycles. The monoisotopic (exact) mass is 374 g/mol. The molecule has 7 heteroatoms. The van der Waals surface area contributed by atoms with Crippen LogP contribution in [0.25, 0.3) is 0 Å². The zero-order chi connectivity index (χ0) is 19.0. The van der Waals surface area contributed by atoms with Crippen LogP contribution in [0.15, 0.2) is 64.5 Å². The van der Waals surface area contributed by atoms with Crippen LogP contribution in [0.4, 0.5) is 0 Å². The van der Waals surface area contributed by atoms with E-state index in [1.165, 1.54) is 24.0 Å². The molecule has 0 amide bonds. The highest BCUT2D eigenvalue weighted by molar-refractivity contribution is 7.89. The highest BCUT2D eigenvalue weighted by Gasteiger charge is 2.16. The Morgan fingerprint density at radius 2 is 1.62 bits per heavy atom. The number of hydrogen-bond donors (Lipinski definition) is 2. The van der Waals surface area contributed by atoms with E-state index in [4.69, 9.17) is 0 Å². The van der Waals surface area contributed by atoms with E-state index in [2.05, 4.69) is 27.8 Å². The van der Waals surface area contributed by atoms with Gasteiger partial charge in [0.05, 0.1) is 4.90 Å². The van der Waals surface area contributed by atoms with Crippen molar-refractivity contribution in [3.63, 3.8) is 0 Å². The van der Waals surface area contributed by atoms with E-state index in [0.717, 1.165) is 18.5 Å². The molecule has 2 rings (SSSR count). The number of benzene rings is 2. The zero-order valence-electron chi connectivity index (χ0n) is 15.4. The molecule has 0 unspecified atom stereocenters. The molecule has 0 aliphatic heterocycles. The van der Waals surface area contributed by atoms with Gasteiger partial charge in [0.15, 0.2) is 5.96 Å². The van der Waals surface area contributed by atoms with E-state index < -0.39 is 10.0 Å². The van der Waals surface area contributed by atoms with Crippen molar-refractivity contribution >= 4 is 16.0 Å². The normalized spacial score (nSPS) is 12.2. The maximum atomic E-state index is 12.1. The van der Waals surface area contributed by atoms with E-state index in [-0.39, 0.29) is 4.90 Å². The molecule has 0 radical (unpaired) electrons. The van der Waals surface area contributed by atoms with Crippen LogP contribution in [-0.4, -0.2) is 46.4 Å². The molecule has 0 spiro atoms. The van der Waals surface area contributed by atoms with Crippen molar-refractivity contribution in [1.29, 1.82) is 0 Å². The molecule has 0 aliphatic rings. The Morgan fingerprint density at radius 3 is 2.19 bits per heavy atom. The molecule has 2 aromatic rings. The molecule has 0 aromatic heterocycles. The quantitative estimate of drug-likeness (QED) is 0.573. The molecular formula is C19H26N4O2S. The zero-order valence-corrected chi connectivity index (χ0v) is 16.3. The molecule has 26 heavy (non-hydrogen) atoms. The van der Waals surface area contributed by atoms with Gasteiger partial charge in [0.1, 0.15) is 0 Å². The first kappa shape index (κ1) is 19.9. The summed E-state index contributed by atoms with van der Waals surface area (Å²) in [5.41, 5.74) is 2.25. The number of rotatable bonds is 7. The number of nitrogens with one attached hydrogen (secondary N) is 2. The fraction of sp³-hybridized carbons (Fsp3) is 0.316. The van der Waals surface area contributed by atoms with Crippen molar-refractivity contribution in [2.24, 2.45) is 4.99 Å². The van der Waals surface area contributed by atoms with Crippen LogP contribution in [0.2, 0.25) is 0 Å². The lowest BCUT2D eigenvalue weighted by Crippen LogP contribution is -2.37. The molecule has 0 saturated heterocycles. The third kappa shape index (κ3) is 5.57. The molecule has 0 aliphatic carbocycles. The predicted octanol–water partition coefficient (Wildman–Crippen LogP) is 1.84. The Bertz CT molecular complexity index is 816. The lowest BCUT2D eigenvalue weighted by molar-refractivity contribution is 0.520. The fourth-order valence-corrected chi connectivity index (χ4v) is 3.27. The summed E-state index contributed by atoms with van der Waals surface area (Å²) in [6.07, 6.45) is 0.915. The van der Waals surface area contributed by atoms with Crippen molar-refractivity contribution < 1.29 is 8.42 Å². The van der Waals surface area contributed by atoms with Gasteiger partial charge in [-0.25, -0.2) is 12.7 Å². The van der Waals surface area contributed by atoms with Crippen LogP contribution < -0.4 is 10.6 Å². The van der Waals surface area contributed by atoms with Gasteiger partial charge >= 0.3 is 0 Å². The van der Waals surface area contributed by atoms with Gasteiger partial charge in [-0.05, 0) is 29.7 Å². The minimum absolute atomic E-state index is 0.289. The second-order valence-electron chi connectivity index (χ2n) is 6.02. The Morgan fingerprint density at radius 1 is 0.962 bits per heavy atom. The van der Waals surface area contributed by atoms with Gasteiger partial charge < -0.3 is 10.6 Å². The average Bonchev–Trinajstić information content (AvgIpc) is 2.65. The van der Waals surface area contributed by atoms with E-state index in [0.29, 0.717) is 12.5 Å². The standard InChI is InChI=1S/C19H26N4O2S/c1-20-19(21-14-13-16-7-5-4-6-8-16)22-15-17-9-11-18(12-10-17)26(24,25)23(2)3/h4-12H,13-15H2,1-3H3,(H2,20,21,22). The van der Waals surface area contributed by atoms with Gasteiger partial charge in [-0.1, -0.05) is 42.5 Å². The molecule has 0 bridgehead atoms. The van der Waals surface area contributed by atoms with Crippen LogP contribution in [-0.2, 0) is 23.0 Å². The first-order valence-corrected chi connectivity index (χ1v) is 9.87. The Kier molecular flexibility index (Phi) is 7.17. The maximum absolute atomic E-state index is 12.1. The average molecular weight is 375 g/mol. The summed E-state index contributed by atoms with van der Waals surface area (Å²) in [6, 6.07) is 17.1. The lowest BCUT2D eigenvalue weighted by atomic mass is 10.1. The van der Waals surface area contributed by atoms with Crippen LogP contribution in [0.1, 0.15) is 11.1 Å². The van der Waals surface area contributed by atoms with Crippen molar-refractivity contribution in [2.45, 2.75) is 17.9 Å². The fourth-order valence-electron chi connectivity index (χ4n) is 2.37. The lowest BCUT2D eigenvalue weighted by Gasteiger charge is -2.13. The largest absolute Gasteiger partial charge is 0.356 e.